The van der Waals surface area contributed by atoms with Crippen molar-refractivity contribution in [2.24, 2.45) is 0 Å². The number of aryl methyl sites for hydroxylation is 1. The molecular weight excluding hydrogens is 327 g/mol. The van der Waals surface area contributed by atoms with Gasteiger partial charge in [0.25, 0.3) is 0 Å². The number of aromatic amines is 1. The van der Waals surface area contributed by atoms with Gasteiger partial charge >= 0.3 is 0 Å². The van der Waals surface area contributed by atoms with Crippen LogP contribution in [0.1, 0.15) is 18.5 Å². The van der Waals surface area contributed by atoms with E-state index in [1.807, 2.05) is 13.0 Å². The number of nitrogens with zero attached hydrogens (tertiary/aromatic N) is 2. The van der Waals surface area contributed by atoms with Crippen LogP contribution in [0.4, 0.5) is 10.2 Å². The average molecular weight is 348 g/mol. The van der Waals surface area contributed by atoms with Gasteiger partial charge < -0.3 is 10.2 Å². The zero-order valence-corrected chi connectivity index (χ0v) is 14.4. The highest BCUT2D eigenvalue weighted by molar-refractivity contribution is 8.00. The molecule has 128 valence electrons. The van der Waals surface area contributed by atoms with Gasteiger partial charge in [-0.2, -0.15) is 5.10 Å². The van der Waals surface area contributed by atoms with E-state index >= 15 is 0 Å². The van der Waals surface area contributed by atoms with E-state index in [1.165, 1.54) is 23.9 Å². The summed E-state index contributed by atoms with van der Waals surface area (Å²) in [6.07, 6.45) is 1.83. The lowest BCUT2D eigenvalue weighted by Gasteiger charge is -2.32. The summed E-state index contributed by atoms with van der Waals surface area (Å²) in [5.74, 6) is 1.09. The topological polar surface area (TPSA) is 61.0 Å². The summed E-state index contributed by atoms with van der Waals surface area (Å²) >= 11 is 1.42. The molecule has 5 nitrogen and oxygen atoms in total. The van der Waals surface area contributed by atoms with Crippen molar-refractivity contribution < 1.29 is 9.18 Å². The Kier molecular flexibility index (Phi) is 5.40. The highest BCUT2D eigenvalue weighted by Gasteiger charge is 2.22. The van der Waals surface area contributed by atoms with Gasteiger partial charge in [-0.1, -0.05) is 0 Å². The molecule has 3 rings (SSSR count). The van der Waals surface area contributed by atoms with Crippen LogP contribution in [0.15, 0.2) is 35.2 Å². The van der Waals surface area contributed by atoms with Crippen LogP contribution in [0.25, 0.3) is 0 Å². The molecular formula is C17H21FN4OS. The molecule has 1 aliphatic rings. The molecule has 0 aliphatic carbocycles. The van der Waals surface area contributed by atoms with E-state index in [-0.39, 0.29) is 17.8 Å². The number of hydrogen-bond acceptors (Lipinski definition) is 4. The van der Waals surface area contributed by atoms with E-state index in [9.17, 15) is 9.18 Å². The van der Waals surface area contributed by atoms with Gasteiger partial charge in [0.15, 0.2) is 5.82 Å². The summed E-state index contributed by atoms with van der Waals surface area (Å²) in [7, 11) is 0. The summed E-state index contributed by atoms with van der Waals surface area (Å²) in [5.41, 5.74) is 1.05. The predicted octanol–water partition coefficient (Wildman–Crippen LogP) is 2.73. The number of rotatable bonds is 5. The number of piperidine rings is 1. The van der Waals surface area contributed by atoms with E-state index in [1.54, 1.807) is 12.1 Å². The molecule has 0 radical (unpaired) electrons. The van der Waals surface area contributed by atoms with Crippen LogP contribution in [0.2, 0.25) is 0 Å². The number of aromatic nitrogens is 2. The molecule has 0 bridgehead atoms. The third-order valence-corrected chi connectivity index (χ3v) is 5.07. The van der Waals surface area contributed by atoms with Crippen molar-refractivity contribution in [3.05, 3.63) is 41.8 Å². The van der Waals surface area contributed by atoms with Crippen LogP contribution in [-0.2, 0) is 4.79 Å². The molecule has 1 saturated heterocycles. The van der Waals surface area contributed by atoms with Crippen molar-refractivity contribution in [2.75, 3.05) is 23.7 Å². The minimum absolute atomic E-state index is 0.0263. The number of halogens is 1. The molecule has 1 amide bonds. The van der Waals surface area contributed by atoms with E-state index in [0.29, 0.717) is 5.75 Å². The third-order valence-electron chi connectivity index (χ3n) is 4.06. The Morgan fingerprint density at radius 2 is 2.08 bits per heavy atom. The van der Waals surface area contributed by atoms with Crippen LogP contribution in [0, 0.1) is 12.7 Å². The maximum atomic E-state index is 12.9. The standard InChI is InChI=1S/C17H21FN4OS/c1-12-10-16(21-20-12)22-8-6-14(7-9-22)19-17(23)11-24-15-4-2-13(18)3-5-15/h2-5,10,14H,6-9,11H2,1H3,(H,19,23)(H,20,21). The Morgan fingerprint density at radius 1 is 1.38 bits per heavy atom. The predicted molar refractivity (Wildman–Crippen MR) is 93.8 cm³/mol. The number of thioether (sulfide) groups is 1. The van der Waals surface area contributed by atoms with Crippen LogP contribution in [-0.4, -0.2) is 41.0 Å². The largest absolute Gasteiger partial charge is 0.355 e. The summed E-state index contributed by atoms with van der Waals surface area (Å²) < 4.78 is 12.9. The molecule has 0 spiro atoms. The minimum Gasteiger partial charge on any atom is -0.355 e. The first-order valence-corrected chi connectivity index (χ1v) is 9.03. The fourth-order valence-corrected chi connectivity index (χ4v) is 3.48. The van der Waals surface area contributed by atoms with Crippen molar-refractivity contribution in [1.82, 2.24) is 15.5 Å². The number of carbonyl (C=O) groups excluding carboxylic acids is 1. The highest BCUT2D eigenvalue weighted by atomic mass is 32.2. The Bertz CT molecular complexity index is 680. The van der Waals surface area contributed by atoms with E-state index in [0.717, 1.165) is 42.3 Å². The summed E-state index contributed by atoms with van der Waals surface area (Å²) in [5, 5.41) is 10.3. The quantitative estimate of drug-likeness (QED) is 0.816. The highest BCUT2D eigenvalue weighted by Crippen LogP contribution is 2.20. The molecule has 1 fully saturated rings. The van der Waals surface area contributed by atoms with Gasteiger partial charge in [-0.05, 0) is 44.0 Å². The van der Waals surface area contributed by atoms with E-state index in [4.69, 9.17) is 0 Å². The maximum Gasteiger partial charge on any atom is 0.230 e. The smallest absolute Gasteiger partial charge is 0.230 e. The van der Waals surface area contributed by atoms with Gasteiger partial charge in [0, 0.05) is 35.8 Å². The Hall–Kier alpha value is -2.02. The number of carbonyl (C=O) groups is 1. The zero-order chi connectivity index (χ0) is 16.9. The minimum atomic E-state index is -0.261. The Morgan fingerprint density at radius 3 is 2.71 bits per heavy atom. The molecule has 0 unspecified atom stereocenters. The first-order valence-electron chi connectivity index (χ1n) is 8.05. The Balaban J connectivity index is 1.40. The van der Waals surface area contributed by atoms with Crippen LogP contribution in [0.5, 0.6) is 0 Å². The summed E-state index contributed by atoms with van der Waals surface area (Å²) in [6, 6.07) is 8.45. The average Bonchev–Trinajstić information content (AvgIpc) is 3.01. The van der Waals surface area contributed by atoms with Crippen LogP contribution >= 0.6 is 11.8 Å². The molecule has 1 aromatic heterocycles. The Labute approximate surface area is 145 Å². The first kappa shape index (κ1) is 16.8. The number of amides is 1. The lowest BCUT2D eigenvalue weighted by Crippen LogP contribution is -2.45. The van der Waals surface area contributed by atoms with Crippen molar-refractivity contribution in [1.29, 1.82) is 0 Å². The molecule has 1 aromatic carbocycles. The molecule has 2 N–H and O–H groups in total. The second-order valence-electron chi connectivity index (χ2n) is 5.98. The van der Waals surface area contributed by atoms with Gasteiger partial charge in [0.05, 0.1) is 5.75 Å². The number of nitrogens with one attached hydrogen (secondary N) is 2. The summed E-state index contributed by atoms with van der Waals surface area (Å²) in [4.78, 5) is 15.2. The van der Waals surface area contributed by atoms with Crippen molar-refractivity contribution in [3.8, 4) is 0 Å². The molecule has 1 aliphatic heterocycles. The molecule has 0 atom stereocenters. The van der Waals surface area contributed by atoms with Crippen LogP contribution in [0.3, 0.4) is 0 Å². The fraction of sp³-hybridized carbons (Fsp3) is 0.412. The summed E-state index contributed by atoms with van der Waals surface area (Å²) in [6.45, 7) is 3.77. The van der Waals surface area contributed by atoms with E-state index < -0.39 is 0 Å². The lowest BCUT2D eigenvalue weighted by atomic mass is 10.1. The van der Waals surface area contributed by atoms with E-state index in [2.05, 4.69) is 20.4 Å². The van der Waals surface area contributed by atoms with Crippen molar-refractivity contribution >= 4 is 23.5 Å². The third kappa shape index (κ3) is 4.50. The molecule has 2 aromatic rings. The van der Waals surface area contributed by atoms with Gasteiger partial charge in [0.2, 0.25) is 5.91 Å². The van der Waals surface area contributed by atoms with Gasteiger partial charge in [-0.3, -0.25) is 9.89 Å². The monoisotopic (exact) mass is 348 g/mol. The molecule has 0 saturated carbocycles. The second kappa shape index (κ2) is 7.70. The van der Waals surface area contributed by atoms with Gasteiger partial charge in [-0.15, -0.1) is 11.8 Å². The molecule has 24 heavy (non-hydrogen) atoms. The number of H-pyrrole nitrogens is 1. The number of hydrogen-bond donors (Lipinski definition) is 2. The van der Waals surface area contributed by atoms with Gasteiger partial charge in [-0.25, -0.2) is 4.39 Å². The zero-order valence-electron chi connectivity index (χ0n) is 13.6. The number of anilines is 1. The fourth-order valence-electron chi connectivity index (χ4n) is 2.77. The second-order valence-corrected chi connectivity index (χ2v) is 7.03. The molecule has 2 heterocycles. The van der Waals surface area contributed by atoms with Crippen molar-refractivity contribution in [3.63, 3.8) is 0 Å². The SMILES string of the molecule is Cc1cc(N2CCC(NC(=O)CSc3ccc(F)cc3)CC2)n[nH]1. The first-order chi connectivity index (χ1) is 11.6. The molecule has 7 heteroatoms. The van der Waals surface area contributed by atoms with Crippen LogP contribution < -0.4 is 10.2 Å². The maximum absolute atomic E-state index is 12.9. The lowest BCUT2D eigenvalue weighted by molar-refractivity contribution is -0.119. The van der Waals surface area contributed by atoms with Gasteiger partial charge in [0.1, 0.15) is 5.82 Å². The van der Waals surface area contributed by atoms with Crippen molar-refractivity contribution in [2.45, 2.75) is 30.7 Å². The number of benzene rings is 1. The normalized spacial score (nSPS) is 15.5.